The Labute approximate surface area is 144 Å². The van der Waals surface area contributed by atoms with Crippen LogP contribution in [0.1, 0.15) is 11.7 Å². The Morgan fingerprint density at radius 1 is 1.15 bits per heavy atom. The van der Waals surface area contributed by atoms with E-state index in [2.05, 4.69) is 24.8 Å². The molecule has 3 rings (SSSR count). The standard InChI is InChI=1S/C15H12F3N5O3/c1-9-19-6-11(26-9)7-23-13(24)3-2-12(22-23)10-4-20-14(21-5-10)25-8-15(16,17)18/h2-6H,7-8H2,1H3. The summed E-state index contributed by atoms with van der Waals surface area (Å²) < 4.78 is 47.3. The molecule has 0 fully saturated rings. The summed E-state index contributed by atoms with van der Waals surface area (Å²) in [6.07, 6.45) is -0.465. The Morgan fingerprint density at radius 2 is 1.88 bits per heavy atom. The fourth-order valence-electron chi connectivity index (χ4n) is 2.01. The second-order valence-corrected chi connectivity index (χ2v) is 5.22. The molecule has 3 heterocycles. The van der Waals surface area contributed by atoms with Crippen molar-refractivity contribution in [2.75, 3.05) is 6.61 Å². The maximum atomic E-state index is 12.1. The summed E-state index contributed by atoms with van der Waals surface area (Å²) in [7, 11) is 0. The molecule has 0 spiro atoms. The van der Waals surface area contributed by atoms with E-state index in [-0.39, 0.29) is 12.1 Å². The molecule has 0 bridgehead atoms. The second-order valence-electron chi connectivity index (χ2n) is 5.22. The Balaban J connectivity index is 1.78. The molecule has 0 aliphatic rings. The van der Waals surface area contributed by atoms with Gasteiger partial charge in [-0.05, 0) is 6.07 Å². The van der Waals surface area contributed by atoms with E-state index in [1.54, 1.807) is 6.92 Å². The van der Waals surface area contributed by atoms with Crippen molar-refractivity contribution in [2.24, 2.45) is 0 Å². The highest BCUT2D eigenvalue weighted by molar-refractivity contribution is 5.55. The SMILES string of the molecule is Cc1ncc(Cn2nc(-c3cnc(OCC(F)(F)F)nc3)ccc2=O)o1. The fourth-order valence-corrected chi connectivity index (χ4v) is 2.01. The van der Waals surface area contributed by atoms with Crippen LogP contribution in [0.4, 0.5) is 13.2 Å². The van der Waals surface area contributed by atoms with E-state index >= 15 is 0 Å². The molecule has 0 aliphatic heterocycles. The number of hydrogen-bond acceptors (Lipinski definition) is 7. The first-order valence-electron chi connectivity index (χ1n) is 7.31. The number of halogens is 3. The number of aryl methyl sites for hydroxylation is 1. The highest BCUT2D eigenvalue weighted by atomic mass is 19.4. The highest BCUT2D eigenvalue weighted by Crippen LogP contribution is 2.18. The number of alkyl halides is 3. The van der Waals surface area contributed by atoms with Gasteiger partial charge in [-0.25, -0.2) is 19.6 Å². The third-order valence-electron chi connectivity index (χ3n) is 3.13. The Bertz CT molecular complexity index is 950. The maximum Gasteiger partial charge on any atom is 0.422 e. The van der Waals surface area contributed by atoms with Crippen LogP contribution in [-0.2, 0) is 6.54 Å². The molecule has 0 amide bonds. The lowest BCUT2D eigenvalue weighted by atomic mass is 10.2. The molecular weight excluding hydrogens is 355 g/mol. The molecule has 0 saturated heterocycles. The summed E-state index contributed by atoms with van der Waals surface area (Å²) >= 11 is 0. The summed E-state index contributed by atoms with van der Waals surface area (Å²) in [5.41, 5.74) is 0.420. The minimum absolute atomic E-state index is 0.0845. The van der Waals surface area contributed by atoms with Crippen LogP contribution in [0.5, 0.6) is 6.01 Å². The quantitative estimate of drug-likeness (QED) is 0.680. The number of nitrogens with zero attached hydrogens (tertiary/aromatic N) is 5. The van der Waals surface area contributed by atoms with Gasteiger partial charge in [0.05, 0.1) is 11.9 Å². The molecule has 3 aromatic rings. The second kappa shape index (κ2) is 6.94. The van der Waals surface area contributed by atoms with E-state index in [1.165, 1.54) is 35.4 Å². The third kappa shape index (κ3) is 4.43. The lowest BCUT2D eigenvalue weighted by Crippen LogP contribution is -2.22. The van der Waals surface area contributed by atoms with Crippen molar-refractivity contribution in [1.82, 2.24) is 24.7 Å². The minimum atomic E-state index is -4.47. The number of rotatable bonds is 5. The Kier molecular flexibility index (Phi) is 4.69. The van der Waals surface area contributed by atoms with E-state index in [0.717, 1.165) is 0 Å². The van der Waals surface area contributed by atoms with Crippen LogP contribution in [0.3, 0.4) is 0 Å². The predicted molar refractivity (Wildman–Crippen MR) is 81.4 cm³/mol. The first-order valence-corrected chi connectivity index (χ1v) is 7.31. The largest absolute Gasteiger partial charge is 0.454 e. The summed E-state index contributed by atoms with van der Waals surface area (Å²) in [5.74, 6) is 0.924. The van der Waals surface area contributed by atoms with Crippen LogP contribution >= 0.6 is 0 Å². The summed E-state index contributed by atoms with van der Waals surface area (Å²) in [4.78, 5) is 23.3. The van der Waals surface area contributed by atoms with Crippen molar-refractivity contribution in [1.29, 1.82) is 0 Å². The molecule has 0 aromatic carbocycles. The van der Waals surface area contributed by atoms with Gasteiger partial charge in [0.1, 0.15) is 12.3 Å². The molecule has 0 aliphatic carbocycles. The minimum Gasteiger partial charge on any atom is -0.454 e. The van der Waals surface area contributed by atoms with Crippen molar-refractivity contribution < 1.29 is 22.3 Å². The Hall–Kier alpha value is -3.24. The molecule has 0 saturated carbocycles. The van der Waals surface area contributed by atoms with Crippen LogP contribution in [0.25, 0.3) is 11.3 Å². The zero-order chi connectivity index (χ0) is 18.7. The molecule has 0 atom stereocenters. The lowest BCUT2D eigenvalue weighted by molar-refractivity contribution is -0.154. The zero-order valence-corrected chi connectivity index (χ0v) is 13.4. The van der Waals surface area contributed by atoms with Gasteiger partial charge in [0.2, 0.25) is 0 Å². The number of oxazole rings is 1. The van der Waals surface area contributed by atoms with Crippen molar-refractivity contribution >= 4 is 0 Å². The number of aromatic nitrogens is 5. The van der Waals surface area contributed by atoms with Crippen molar-refractivity contribution in [2.45, 2.75) is 19.6 Å². The molecule has 0 N–H and O–H groups in total. The highest BCUT2D eigenvalue weighted by Gasteiger charge is 2.28. The van der Waals surface area contributed by atoms with Crippen LogP contribution < -0.4 is 10.3 Å². The van der Waals surface area contributed by atoms with E-state index in [9.17, 15) is 18.0 Å². The van der Waals surface area contributed by atoms with Crippen LogP contribution in [0.2, 0.25) is 0 Å². The van der Waals surface area contributed by atoms with Gasteiger partial charge in [0, 0.05) is 30.9 Å². The predicted octanol–water partition coefficient (Wildman–Crippen LogP) is 1.99. The molecular formula is C15H12F3N5O3. The summed E-state index contributed by atoms with van der Waals surface area (Å²) in [5, 5.41) is 4.18. The van der Waals surface area contributed by atoms with Gasteiger partial charge in [-0.3, -0.25) is 4.79 Å². The normalized spacial score (nSPS) is 11.5. The van der Waals surface area contributed by atoms with Crippen molar-refractivity contribution in [3.8, 4) is 17.3 Å². The smallest absolute Gasteiger partial charge is 0.422 e. The molecule has 3 aromatic heterocycles. The summed E-state index contributed by atoms with van der Waals surface area (Å²) in [6, 6.07) is 2.36. The van der Waals surface area contributed by atoms with Gasteiger partial charge >= 0.3 is 12.2 Å². The summed E-state index contributed by atoms with van der Waals surface area (Å²) in [6.45, 7) is 0.281. The van der Waals surface area contributed by atoms with E-state index in [0.29, 0.717) is 22.9 Å². The maximum absolute atomic E-state index is 12.1. The molecule has 11 heteroatoms. The number of ether oxygens (including phenoxy) is 1. The van der Waals surface area contributed by atoms with Gasteiger partial charge in [-0.15, -0.1) is 0 Å². The van der Waals surface area contributed by atoms with Crippen LogP contribution in [0, 0.1) is 6.92 Å². The fraction of sp³-hybridized carbons (Fsp3) is 0.267. The van der Waals surface area contributed by atoms with Crippen LogP contribution in [-0.4, -0.2) is 37.5 Å². The monoisotopic (exact) mass is 367 g/mol. The molecule has 26 heavy (non-hydrogen) atoms. The molecule has 0 radical (unpaired) electrons. The zero-order valence-electron chi connectivity index (χ0n) is 13.4. The van der Waals surface area contributed by atoms with E-state index < -0.39 is 18.8 Å². The Morgan fingerprint density at radius 3 is 2.50 bits per heavy atom. The van der Waals surface area contributed by atoms with Gasteiger partial charge in [-0.1, -0.05) is 0 Å². The van der Waals surface area contributed by atoms with Gasteiger partial charge in [0.25, 0.3) is 5.56 Å². The molecule has 0 unspecified atom stereocenters. The first kappa shape index (κ1) is 17.6. The van der Waals surface area contributed by atoms with Crippen molar-refractivity contribution in [3.05, 3.63) is 52.7 Å². The molecule has 136 valence electrons. The number of hydrogen-bond donors (Lipinski definition) is 0. The van der Waals surface area contributed by atoms with Gasteiger partial charge < -0.3 is 9.15 Å². The first-order chi connectivity index (χ1) is 12.3. The van der Waals surface area contributed by atoms with Crippen LogP contribution in [0.15, 0.2) is 39.9 Å². The average Bonchev–Trinajstić information content (AvgIpc) is 3.00. The topological polar surface area (TPSA) is 95.9 Å². The average molecular weight is 367 g/mol. The van der Waals surface area contributed by atoms with Crippen molar-refractivity contribution in [3.63, 3.8) is 0 Å². The third-order valence-corrected chi connectivity index (χ3v) is 3.13. The van der Waals surface area contributed by atoms with E-state index in [1.807, 2.05) is 0 Å². The lowest BCUT2D eigenvalue weighted by Gasteiger charge is -2.08. The van der Waals surface area contributed by atoms with Gasteiger partial charge in [0.15, 0.2) is 12.5 Å². The van der Waals surface area contributed by atoms with E-state index in [4.69, 9.17) is 4.42 Å². The van der Waals surface area contributed by atoms with Gasteiger partial charge in [-0.2, -0.15) is 18.3 Å². The molecule has 8 nitrogen and oxygen atoms in total.